The Balaban J connectivity index is 1.90. The Kier molecular flexibility index (Phi) is 3.37. The van der Waals surface area contributed by atoms with Gasteiger partial charge in [0.05, 0.1) is 0 Å². The molecule has 20 heavy (non-hydrogen) atoms. The van der Waals surface area contributed by atoms with E-state index in [0.717, 1.165) is 30.8 Å². The van der Waals surface area contributed by atoms with Crippen molar-refractivity contribution < 1.29 is 4.79 Å². The number of carbonyl (C=O) groups excluding carboxylic acids is 1. The van der Waals surface area contributed by atoms with Crippen molar-refractivity contribution in [1.82, 2.24) is 4.57 Å². The average molecular weight is 268 g/mol. The summed E-state index contributed by atoms with van der Waals surface area (Å²) in [5, 5.41) is 0. The van der Waals surface area contributed by atoms with Crippen LogP contribution in [0.2, 0.25) is 0 Å². The number of hydrogen-bond donors (Lipinski definition) is 0. The Labute approximate surface area is 117 Å². The van der Waals surface area contributed by atoms with Crippen LogP contribution < -0.4 is 10.5 Å². The van der Waals surface area contributed by atoms with Gasteiger partial charge in [-0.15, -0.1) is 0 Å². The lowest BCUT2D eigenvalue weighted by molar-refractivity contribution is -0.119. The van der Waals surface area contributed by atoms with Gasteiger partial charge in [0.15, 0.2) is 0 Å². The first-order valence-electron chi connectivity index (χ1n) is 6.84. The molecule has 2 heterocycles. The third-order valence-corrected chi connectivity index (χ3v) is 3.59. The van der Waals surface area contributed by atoms with E-state index in [1.54, 1.807) is 16.8 Å². The lowest BCUT2D eigenvalue weighted by Gasteiger charge is -2.26. The summed E-state index contributed by atoms with van der Waals surface area (Å²) in [6.07, 6.45) is 4.39. The Hall–Kier alpha value is -2.36. The van der Waals surface area contributed by atoms with Crippen molar-refractivity contribution in [2.45, 2.75) is 19.3 Å². The molecule has 0 aliphatic carbocycles. The number of hydrogen-bond acceptors (Lipinski definition) is 2. The summed E-state index contributed by atoms with van der Waals surface area (Å²) in [5.41, 5.74) is 1.65. The van der Waals surface area contributed by atoms with E-state index in [0.29, 0.717) is 6.42 Å². The molecule has 1 aliphatic heterocycles. The molecule has 1 fully saturated rings. The van der Waals surface area contributed by atoms with Crippen molar-refractivity contribution in [2.75, 3.05) is 11.4 Å². The zero-order valence-electron chi connectivity index (χ0n) is 11.2. The minimum absolute atomic E-state index is 0.0608. The van der Waals surface area contributed by atoms with Gasteiger partial charge in [-0.2, -0.15) is 0 Å². The van der Waals surface area contributed by atoms with Crippen LogP contribution in [-0.2, 0) is 4.79 Å². The standard InChI is InChI=1S/C16H16N2O2/c19-15-5-1-3-11-17(15)13-7-9-14(10-8-13)18-12-4-2-6-16(18)20/h1,3,5,7-11H,2,4,6,12H2. The van der Waals surface area contributed by atoms with Gasteiger partial charge in [-0.25, -0.2) is 0 Å². The van der Waals surface area contributed by atoms with Gasteiger partial charge in [-0.1, -0.05) is 6.07 Å². The highest BCUT2D eigenvalue weighted by atomic mass is 16.2. The smallest absolute Gasteiger partial charge is 0.255 e. The average Bonchev–Trinajstić information content (AvgIpc) is 2.49. The van der Waals surface area contributed by atoms with E-state index in [1.807, 2.05) is 35.2 Å². The molecule has 0 spiro atoms. The van der Waals surface area contributed by atoms with Crippen LogP contribution in [0.3, 0.4) is 0 Å². The number of aromatic nitrogens is 1. The summed E-state index contributed by atoms with van der Waals surface area (Å²) in [4.78, 5) is 25.5. The maximum atomic E-state index is 11.9. The van der Waals surface area contributed by atoms with Crippen molar-refractivity contribution in [3.8, 4) is 5.69 Å². The topological polar surface area (TPSA) is 42.3 Å². The fourth-order valence-electron chi connectivity index (χ4n) is 2.51. The summed E-state index contributed by atoms with van der Waals surface area (Å²) in [6.45, 7) is 0.781. The molecular formula is C16H16N2O2. The second kappa shape index (κ2) is 5.33. The fourth-order valence-corrected chi connectivity index (χ4v) is 2.51. The fraction of sp³-hybridized carbons (Fsp3) is 0.250. The summed E-state index contributed by atoms with van der Waals surface area (Å²) in [7, 11) is 0. The molecule has 1 saturated heterocycles. The number of nitrogens with zero attached hydrogens (tertiary/aromatic N) is 2. The van der Waals surface area contributed by atoms with Crippen LogP contribution in [0, 0.1) is 0 Å². The number of piperidine rings is 1. The summed E-state index contributed by atoms with van der Waals surface area (Å²) < 4.78 is 1.59. The normalized spacial score (nSPS) is 15.4. The number of amides is 1. The van der Waals surface area contributed by atoms with E-state index < -0.39 is 0 Å². The Morgan fingerprint density at radius 3 is 2.30 bits per heavy atom. The maximum absolute atomic E-state index is 11.9. The first kappa shape index (κ1) is 12.7. The summed E-state index contributed by atoms with van der Waals surface area (Å²) >= 11 is 0. The molecule has 1 aliphatic rings. The molecular weight excluding hydrogens is 252 g/mol. The number of carbonyl (C=O) groups is 1. The van der Waals surface area contributed by atoms with Crippen LogP contribution in [0.4, 0.5) is 5.69 Å². The van der Waals surface area contributed by atoms with Crippen LogP contribution in [0.15, 0.2) is 53.5 Å². The van der Waals surface area contributed by atoms with Crippen LogP contribution >= 0.6 is 0 Å². The predicted molar refractivity (Wildman–Crippen MR) is 78.2 cm³/mol. The van der Waals surface area contributed by atoms with Crippen molar-refractivity contribution in [2.24, 2.45) is 0 Å². The third-order valence-electron chi connectivity index (χ3n) is 3.59. The van der Waals surface area contributed by atoms with E-state index >= 15 is 0 Å². The van der Waals surface area contributed by atoms with E-state index in [2.05, 4.69) is 0 Å². The van der Waals surface area contributed by atoms with E-state index in [4.69, 9.17) is 0 Å². The van der Waals surface area contributed by atoms with Gasteiger partial charge in [0.2, 0.25) is 5.91 Å². The van der Waals surface area contributed by atoms with Crippen molar-refractivity contribution in [1.29, 1.82) is 0 Å². The molecule has 0 bridgehead atoms. The number of pyridine rings is 1. The quantitative estimate of drug-likeness (QED) is 0.839. The lowest BCUT2D eigenvalue weighted by atomic mass is 10.1. The molecule has 0 radical (unpaired) electrons. The Bertz CT molecular complexity index is 673. The zero-order chi connectivity index (χ0) is 13.9. The van der Waals surface area contributed by atoms with Gasteiger partial charge in [0.25, 0.3) is 5.56 Å². The maximum Gasteiger partial charge on any atom is 0.255 e. The van der Waals surface area contributed by atoms with Gasteiger partial charge in [0.1, 0.15) is 0 Å². The van der Waals surface area contributed by atoms with Crippen LogP contribution in [-0.4, -0.2) is 17.0 Å². The minimum Gasteiger partial charge on any atom is -0.312 e. The monoisotopic (exact) mass is 268 g/mol. The highest BCUT2D eigenvalue weighted by Gasteiger charge is 2.19. The molecule has 4 nitrogen and oxygen atoms in total. The second-order valence-electron chi connectivity index (χ2n) is 4.93. The highest BCUT2D eigenvalue weighted by Crippen LogP contribution is 2.21. The first-order chi connectivity index (χ1) is 9.75. The molecule has 1 aromatic heterocycles. The van der Waals surface area contributed by atoms with Gasteiger partial charge in [-0.05, 0) is 43.2 Å². The molecule has 0 N–H and O–H groups in total. The molecule has 0 atom stereocenters. The van der Waals surface area contributed by atoms with E-state index in [-0.39, 0.29) is 11.5 Å². The van der Waals surface area contributed by atoms with Crippen molar-refractivity contribution in [3.63, 3.8) is 0 Å². The molecule has 4 heteroatoms. The van der Waals surface area contributed by atoms with Gasteiger partial charge in [0, 0.05) is 36.6 Å². The number of anilines is 1. The largest absolute Gasteiger partial charge is 0.312 e. The Morgan fingerprint density at radius 1 is 0.850 bits per heavy atom. The molecule has 0 saturated carbocycles. The minimum atomic E-state index is -0.0608. The second-order valence-corrected chi connectivity index (χ2v) is 4.93. The SMILES string of the molecule is O=C1CCCCN1c1ccc(-n2ccccc2=O)cc1. The van der Waals surface area contributed by atoms with Crippen molar-refractivity contribution >= 4 is 11.6 Å². The molecule has 2 aromatic rings. The van der Waals surface area contributed by atoms with Crippen LogP contribution in [0.5, 0.6) is 0 Å². The zero-order valence-corrected chi connectivity index (χ0v) is 11.2. The number of rotatable bonds is 2. The van der Waals surface area contributed by atoms with Crippen LogP contribution in [0.25, 0.3) is 5.69 Å². The van der Waals surface area contributed by atoms with Crippen molar-refractivity contribution in [3.05, 3.63) is 59.0 Å². The summed E-state index contributed by atoms with van der Waals surface area (Å²) in [5.74, 6) is 0.181. The Morgan fingerprint density at radius 2 is 1.60 bits per heavy atom. The van der Waals surface area contributed by atoms with E-state index in [9.17, 15) is 9.59 Å². The first-order valence-corrected chi connectivity index (χ1v) is 6.84. The molecule has 1 aromatic carbocycles. The van der Waals surface area contributed by atoms with E-state index in [1.165, 1.54) is 6.07 Å². The molecule has 1 amide bonds. The third kappa shape index (κ3) is 2.37. The summed E-state index contributed by atoms with van der Waals surface area (Å²) in [6, 6.07) is 12.6. The van der Waals surface area contributed by atoms with Gasteiger partial charge in [-0.3, -0.25) is 14.2 Å². The van der Waals surface area contributed by atoms with Gasteiger partial charge >= 0.3 is 0 Å². The molecule has 0 unspecified atom stereocenters. The number of benzene rings is 1. The highest BCUT2D eigenvalue weighted by molar-refractivity contribution is 5.94. The van der Waals surface area contributed by atoms with Crippen LogP contribution in [0.1, 0.15) is 19.3 Å². The molecule has 3 rings (SSSR count). The molecule has 102 valence electrons. The predicted octanol–water partition coefficient (Wildman–Crippen LogP) is 2.35. The van der Waals surface area contributed by atoms with Gasteiger partial charge < -0.3 is 4.90 Å². The lowest BCUT2D eigenvalue weighted by Crippen LogP contribution is -2.35.